The topological polar surface area (TPSA) is 54.2 Å². The van der Waals surface area contributed by atoms with Gasteiger partial charge in [0.1, 0.15) is 5.82 Å². The monoisotopic (exact) mass is 379 g/mol. The zero-order chi connectivity index (χ0) is 19.8. The molecule has 0 saturated carbocycles. The first-order valence-electron chi connectivity index (χ1n) is 9.56. The van der Waals surface area contributed by atoms with Crippen LogP contribution in [0.3, 0.4) is 0 Å². The second kappa shape index (κ2) is 9.69. The van der Waals surface area contributed by atoms with Crippen LogP contribution in [0.15, 0.2) is 71.9 Å². The van der Waals surface area contributed by atoms with Crippen molar-refractivity contribution in [1.29, 1.82) is 0 Å². The van der Waals surface area contributed by atoms with Gasteiger partial charge in [-0.3, -0.25) is 4.99 Å². The molecule has 5 nitrogen and oxygen atoms in total. The summed E-state index contributed by atoms with van der Waals surface area (Å²) in [6.07, 6.45) is 2.61. The number of rotatable bonds is 7. The number of halogens is 1. The Morgan fingerprint density at radius 1 is 1.11 bits per heavy atom. The van der Waals surface area contributed by atoms with Gasteiger partial charge in [-0.2, -0.15) is 5.10 Å². The maximum absolute atomic E-state index is 13.1. The zero-order valence-corrected chi connectivity index (χ0v) is 16.3. The van der Waals surface area contributed by atoms with Crippen LogP contribution < -0.4 is 10.6 Å². The molecule has 1 atom stereocenters. The summed E-state index contributed by atoms with van der Waals surface area (Å²) in [7, 11) is 0. The molecule has 146 valence electrons. The van der Waals surface area contributed by atoms with Crippen LogP contribution in [0.1, 0.15) is 31.1 Å². The number of guanidine groups is 1. The van der Waals surface area contributed by atoms with E-state index < -0.39 is 0 Å². The minimum absolute atomic E-state index is 0.164. The van der Waals surface area contributed by atoms with Crippen molar-refractivity contribution in [3.05, 3.63) is 83.9 Å². The third-order valence-corrected chi connectivity index (χ3v) is 4.37. The van der Waals surface area contributed by atoms with E-state index in [2.05, 4.69) is 46.7 Å². The zero-order valence-electron chi connectivity index (χ0n) is 16.3. The highest BCUT2D eigenvalue weighted by Crippen LogP contribution is 2.11. The molecule has 0 spiro atoms. The fourth-order valence-electron chi connectivity index (χ4n) is 2.87. The van der Waals surface area contributed by atoms with E-state index in [4.69, 9.17) is 0 Å². The molecule has 1 aromatic heterocycles. The molecular formula is C22H26FN5. The van der Waals surface area contributed by atoms with Gasteiger partial charge in [-0.1, -0.05) is 30.3 Å². The van der Waals surface area contributed by atoms with E-state index in [9.17, 15) is 4.39 Å². The van der Waals surface area contributed by atoms with Gasteiger partial charge in [0.2, 0.25) is 0 Å². The van der Waals surface area contributed by atoms with Crippen molar-refractivity contribution < 1.29 is 4.39 Å². The number of hydrogen-bond acceptors (Lipinski definition) is 2. The minimum atomic E-state index is -0.251. The Hall–Kier alpha value is -3.15. The molecule has 0 saturated heterocycles. The van der Waals surface area contributed by atoms with Gasteiger partial charge in [0.25, 0.3) is 0 Å². The van der Waals surface area contributed by atoms with Crippen LogP contribution in [-0.2, 0) is 6.42 Å². The van der Waals surface area contributed by atoms with Gasteiger partial charge in [-0.25, -0.2) is 9.07 Å². The average molecular weight is 379 g/mol. The quantitative estimate of drug-likeness (QED) is 0.484. The molecular weight excluding hydrogens is 353 g/mol. The van der Waals surface area contributed by atoms with E-state index in [-0.39, 0.29) is 11.9 Å². The molecule has 1 unspecified atom stereocenters. The Morgan fingerprint density at radius 2 is 1.86 bits per heavy atom. The van der Waals surface area contributed by atoms with E-state index in [1.807, 2.05) is 30.5 Å². The molecule has 0 amide bonds. The van der Waals surface area contributed by atoms with Gasteiger partial charge < -0.3 is 10.6 Å². The Kier molecular flexibility index (Phi) is 6.78. The van der Waals surface area contributed by atoms with Crippen LogP contribution in [0.2, 0.25) is 0 Å². The SMILES string of the molecule is CCNC(=NCCc1ccn(-c2ccc(F)cc2)n1)NC(C)c1ccccc1. The summed E-state index contributed by atoms with van der Waals surface area (Å²) >= 11 is 0. The molecule has 3 rings (SSSR count). The van der Waals surface area contributed by atoms with Gasteiger partial charge in [0, 0.05) is 25.7 Å². The predicted molar refractivity (Wildman–Crippen MR) is 111 cm³/mol. The normalized spacial score (nSPS) is 12.6. The van der Waals surface area contributed by atoms with Crippen LogP contribution >= 0.6 is 0 Å². The molecule has 6 heteroatoms. The summed E-state index contributed by atoms with van der Waals surface area (Å²) in [5.74, 6) is 0.537. The Labute approximate surface area is 165 Å². The van der Waals surface area contributed by atoms with Crippen LogP contribution in [0.25, 0.3) is 5.69 Å². The third kappa shape index (κ3) is 5.42. The van der Waals surface area contributed by atoms with Gasteiger partial charge in [-0.15, -0.1) is 0 Å². The summed E-state index contributed by atoms with van der Waals surface area (Å²) in [5, 5.41) is 11.3. The lowest BCUT2D eigenvalue weighted by Crippen LogP contribution is -2.38. The summed E-state index contributed by atoms with van der Waals surface area (Å²) < 4.78 is 14.8. The first-order chi connectivity index (χ1) is 13.7. The number of aliphatic imine (C=N–C) groups is 1. The number of nitrogens with zero attached hydrogens (tertiary/aromatic N) is 3. The summed E-state index contributed by atoms with van der Waals surface area (Å²) in [6, 6.07) is 18.7. The van der Waals surface area contributed by atoms with Gasteiger partial charge >= 0.3 is 0 Å². The lowest BCUT2D eigenvalue weighted by Gasteiger charge is -2.18. The molecule has 1 heterocycles. The van der Waals surface area contributed by atoms with Crippen molar-refractivity contribution in [1.82, 2.24) is 20.4 Å². The van der Waals surface area contributed by atoms with E-state index >= 15 is 0 Å². The third-order valence-electron chi connectivity index (χ3n) is 4.37. The van der Waals surface area contributed by atoms with Gasteiger partial charge in [0.05, 0.1) is 17.4 Å². The van der Waals surface area contributed by atoms with Crippen LogP contribution in [0, 0.1) is 5.82 Å². The lowest BCUT2D eigenvalue weighted by molar-refractivity contribution is 0.627. The molecule has 0 fully saturated rings. The van der Waals surface area contributed by atoms with Crippen molar-refractivity contribution in [2.75, 3.05) is 13.1 Å². The maximum Gasteiger partial charge on any atom is 0.191 e. The molecule has 3 aromatic rings. The van der Waals surface area contributed by atoms with E-state index in [1.54, 1.807) is 16.8 Å². The van der Waals surface area contributed by atoms with E-state index in [0.717, 1.165) is 30.3 Å². The second-order valence-electron chi connectivity index (χ2n) is 6.52. The minimum Gasteiger partial charge on any atom is -0.357 e. The van der Waals surface area contributed by atoms with Crippen LogP contribution in [0.4, 0.5) is 4.39 Å². The smallest absolute Gasteiger partial charge is 0.191 e. The van der Waals surface area contributed by atoms with Crippen LogP contribution in [0.5, 0.6) is 0 Å². The van der Waals surface area contributed by atoms with Gasteiger partial charge in [-0.05, 0) is 49.7 Å². The first kappa shape index (κ1) is 19.6. The first-order valence-corrected chi connectivity index (χ1v) is 9.56. The fourth-order valence-corrected chi connectivity index (χ4v) is 2.87. The van der Waals surface area contributed by atoms with Gasteiger partial charge in [0.15, 0.2) is 5.96 Å². The second-order valence-corrected chi connectivity index (χ2v) is 6.52. The number of benzene rings is 2. The Morgan fingerprint density at radius 3 is 2.57 bits per heavy atom. The van der Waals surface area contributed by atoms with E-state index in [1.165, 1.54) is 17.7 Å². The average Bonchev–Trinajstić information content (AvgIpc) is 3.18. The molecule has 2 aromatic carbocycles. The summed E-state index contributed by atoms with van der Waals surface area (Å²) in [6.45, 7) is 5.59. The maximum atomic E-state index is 13.1. The standard InChI is InChI=1S/C22H26FN5/c1-3-24-22(26-17(2)18-7-5-4-6-8-18)25-15-13-20-14-16-28(27-20)21-11-9-19(23)10-12-21/h4-12,14,16-17H,3,13,15H2,1-2H3,(H2,24,25,26). The molecule has 0 aliphatic carbocycles. The number of nitrogens with one attached hydrogen (secondary N) is 2. The van der Waals surface area contributed by atoms with E-state index in [0.29, 0.717) is 6.54 Å². The summed E-state index contributed by atoms with van der Waals surface area (Å²) in [4.78, 5) is 4.66. The van der Waals surface area contributed by atoms with Crippen molar-refractivity contribution in [2.45, 2.75) is 26.3 Å². The van der Waals surface area contributed by atoms with Crippen molar-refractivity contribution in [3.8, 4) is 5.69 Å². The van der Waals surface area contributed by atoms with Crippen LogP contribution in [-0.4, -0.2) is 28.8 Å². The highest BCUT2D eigenvalue weighted by atomic mass is 19.1. The lowest BCUT2D eigenvalue weighted by atomic mass is 10.1. The number of hydrogen-bond donors (Lipinski definition) is 2. The highest BCUT2D eigenvalue weighted by Gasteiger charge is 2.07. The Bertz CT molecular complexity index is 887. The molecule has 0 bridgehead atoms. The largest absolute Gasteiger partial charge is 0.357 e. The predicted octanol–water partition coefficient (Wildman–Crippen LogP) is 3.87. The Balaban J connectivity index is 1.58. The highest BCUT2D eigenvalue weighted by molar-refractivity contribution is 5.80. The molecule has 0 aliphatic rings. The molecule has 2 N–H and O–H groups in total. The fraction of sp³-hybridized carbons (Fsp3) is 0.273. The summed E-state index contributed by atoms with van der Waals surface area (Å²) in [5.41, 5.74) is 2.99. The molecule has 28 heavy (non-hydrogen) atoms. The molecule has 0 aliphatic heterocycles. The molecule has 0 radical (unpaired) electrons. The number of aromatic nitrogens is 2. The van der Waals surface area contributed by atoms with Crippen molar-refractivity contribution >= 4 is 5.96 Å². The van der Waals surface area contributed by atoms with Crippen molar-refractivity contribution in [2.24, 2.45) is 4.99 Å². The van der Waals surface area contributed by atoms with Crippen molar-refractivity contribution in [3.63, 3.8) is 0 Å².